The van der Waals surface area contributed by atoms with E-state index in [9.17, 15) is 9.59 Å². The fourth-order valence-electron chi connectivity index (χ4n) is 2.38. The van der Waals surface area contributed by atoms with Crippen molar-refractivity contribution in [2.75, 3.05) is 13.2 Å². The molecule has 128 valence electrons. The van der Waals surface area contributed by atoms with Crippen molar-refractivity contribution in [1.29, 1.82) is 0 Å². The summed E-state index contributed by atoms with van der Waals surface area (Å²) in [4.78, 5) is 26.9. The summed E-state index contributed by atoms with van der Waals surface area (Å²) in [7, 11) is 0. The number of fused-ring (bicyclic) bond motifs is 2. The van der Waals surface area contributed by atoms with Crippen molar-refractivity contribution in [3.63, 3.8) is 0 Å². The number of carbonyl (C=O) groups is 1. The van der Waals surface area contributed by atoms with Crippen LogP contribution in [-0.2, 0) is 4.79 Å². The summed E-state index contributed by atoms with van der Waals surface area (Å²) >= 11 is 0. The first-order chi connectivity index (χ1) is 12.2. The highest BCUT2D eigenvalue weighted by atomic mass is 16.5. The van der Waals surface area contributed by atoms with Gasteiger partial charge in [-0.25, -0.2) is 4.98 Å². The number of carbonyl (C=O) groups excluding carboxylic acids is 1. The number of rotatable bonds is 7. The third-order valence-corrected chi connectivity index (χ3v) is 3.65. The Morgan fingerprint density at radius 1 is 1.24 bits per heavy atom. The second kappa shape index (κ2) is 7.61. The number of ether oxygens (including phenoxy) is 1. The monoisotopic (exact) mass is 338 g/mol. The molecule has 0 spiro atoms. The van der Waals surface area contributed by atoms with Gasteiger partial charge in [-0.2, -0.15) is 0 Å². The van der Waals surface area contributed by atoms with Crippen LogP contribution in [0.4, 0.5) is 0 Å². The predicted octanol–water partition coefficient (Wildman–Crippen LogP) is 2.75. The van der Waals surface area contributed by atoms with Gasteiger partial charge in [0.1, 0.15) is 17.0 Å². The molecule has 1 aromatic carbocycles. The second-order valence-electron chi connectivity index (χ2n) is 5.52. The summed E-state index contributed by atoms with van der Waals surface area (Å²) in [5.74, 6) is 0.957. The number of hydrogen-bond acceptors (Lipinski definition) is 5. The summed E-state index contributed by atoms with van der Waals surface area (Å²) in [6.45, 7) is 4.52. The molecule has 1 heterocycles. The van der Waals surface area contributed by atoms with Crippen LogP contribution in [0.1, 0.15) is 12.8 Å². The molecule has 25 heavy (non-hydrogen) atoms. The van der Waals surface area contributed by atoms with Crippen molar-refractivity contribution in [2.24, 2.45) is 0 Å². The standard InChI is InChI=1S/C19H18N2O4/c1-2-19(23)20-9-3-4-10-24-14-6-8-16-18(12-14)25-17-11-13(22)5-7-15(17)21-16/h2,5-8,11-12H,1,3-4,9-10H2,(H,20,23). The number of hydrogen-bond donors (Lipinski definition) is 1. The van der Waals surface area contributed by atoms with Gasteiger partial charge in [-0.3, -0.25) is 9.59 Å². The van der Waals surface area contributed by atoms with Gasteiger partial charge in [0.05, 0.1) is 6.61 Å². The lowest BCUT2D eigenvalue weighted by Gasteiger charge is -2.09. The average molecular weight is 338 g/mol. The van der Waals surface area contributed by atoms with Gasteiger partial charge in [0.15, 0.2) is 16.8 Å². The lowest BCUT2D eigenvalue weighted by atomic mass is 10.2. The Labute approximate surface area is 144 Å². The molecule has 0 unspecified atom stereocenters. The van der Waals surface area contributed by atoms with Crippen LogP contribution in [0.2, 0.25) is 0 Å². The van der Waals surface area contributed by atoms with E-state index in [-0.39, 0.29) is 11.3 Å². The fraction of sp³-hybridized carbons (Fsp3) is 0.211. The van der Waals surface area contributed by atoms with Crippen molar-refractivity contribution in [1.82, 2.24) is 10.3 Å². The van der Waals surface area contributed by atoms with Gasteiger partial charge in [0, 0.05) is 18.7 Å². The topological polar surface area (TPSA) is 81.4 Å². The maximum absolute atomic E-state index is 11.4. The Hall–Kier alpha value is -3.15. The number of nitrogens with one attached hydrogen (secondary N) is 1. The maximum Gasteiger partial charge on any atom is 0.243 e. The smallest absolute Gasteiger partial charge is 0.243 e. The molecule has 0 saturated heterocycles. The fourth-order valence-corrected chi connectivity index (χ4v) is 2.38. The van der Waals surface area contributed by atoms with E-state index < -0.39 is 0 Å². The number of aromatic nitrogens is 1. The van der Waals surface area contributed by atoms with Crippen LogP contribution in [0.5, 0.6) is 5.75 Å². The molecule has 0 fully saturated rings. The lowest BCUT2D eigenvalue weighted by molar-refractivity contribution is -0.116. The minimum absolute atomic E-state index is 0.117. The third kappa shape index (κ3) is 4.23. The zero-order valence-corrected chi connectivity index (χ0v) is 13.7. The molecular weight excluding hydrogens is 320 g/mol. The molecular formula is C19H18N2O4. The highest BCUT2D eigenvalue weighted by Crippen LogP contribution is 2.26. The first kappa shape index (κ1) is 16.7. The normalized spacial score (nSPS) is 10.7. The van der Waals surface area contributed by atoms with E-state index in [0.717, 1.165) is 12.8 Å². The Morgan fingerprint density at radius 3 is 2.96 bits per heavy atom. The zero-order valence-electron chi connectivity index (χ0n) is 13.7. The van der Waals surface area contributed by atoms with Crippen LogP contribution in [0.3, 0.4) is 0 Å². The Bertz CT molecular complexity index is 932. The van der Waals surface area contributed by atoms with Gasteiger partial charge in [0.2, 0.25) is 5.91 Å². The molecule has 1 N–H and O–H groups in total. The van der Waals surface area contributed by atoms with E-state index in [1.165, 1.54) is 18.2 Å². The number of amides is 1. The third-order valence-electron chi connectivity index (χ3n) is 3.65. The Morgan fingerprint density at radius 2 is 2.12 bits per heavy atom. The molecule has 1 aliphatic heterocycles. The SMILES string of the molecule is C=CC(=O)NCCCCOc1ccc2nc3ccc(=O)cc-3oc2c1. The van der Waals surface area contributed by atoms with E-state index in [2.05, 4.69) is 16.9 Å². The highest BCUT2D eigenvalue weighted by Gasteiger charge is 2.09. The van der Waals surface area contributed by atoms with Gasteiger partial charge in [0.25, 0.3) is 0 Å². The van der Waals surface area contributed by atoms with Crippen LogP contribution in [0.25, 0.3) is 22.6 Å². The average Bonchev–Trinajstić information content (AvgIpc) is 2.62. The second-order valence-corrected chi connectivity index (χ2v) is 5.52. The van der Waals surface area contributed by atoms with E-state index in [1.807, 2.05) is 12.1 Å². The first-order valence-electron chi connectivity index (χ1n) is 8.03. The molecule has 0 radical (unpaired) electrons. The summed E-state index contributed by atoms with van der Waals surface area (Å²) < 4.78 is 11.5. The molecule has 0 atom stereocenters. The summed E-state index contributed by atoms with van der Waals surface area (Å²) in [6, 6.07) is 9.95. The number of nitrogens with zero attached hydrogens (tertiary/aromatic N) is 1. The molecule has 0 bridgehead atoms. The molecule has 0 aromatic heterocycles. The summed E-state index contributed by atoms with van der Waals surface area (Å²) in [5.41, 5.74) is 1.79. The Balaban J connectivity index is 1.62. The molecule has 1 amide bonds. The summed E-state index contributed by atoms with van der Waals surface area (Å²) in [6.07, 6.45) is 2.88. The molecule has 2 aliphatic rings. The van der Waals surface area contributed by atoms with Gasteiger partial charge < -0.3 is 14.5 Å². The van der Waals surface area contributed by atoms with Gasteiger partial charge in [-0.1, -0.05) is 6.58 Å². The quantitative estimate of drug-likeness (QED) is 0.407. The van der Waals surface area contributed by atoms with Crippen LogP contribution in [0, 0.1) is 0 Å². The van der Waals surface area contributed by atoms with Crippen LogP contribution in [0.15, 0.2) is 58.3 Å². The molecule has 1 aliphatic carbocycles. The minimum Gasteiger partial charge on any atom is -0.493 e. The summed E-state index contributed by atoms with van der Waals surface area (Å²) in [5, 5.41) is 2.72. The maximum atomic E-state index is 11.4. The van der Waals surface area contributed by atoms with Crippen LogP contribution in [-0.4, -0.2) is 24.0 Å². The van der Waals surface area contributed by atoms with Gasteiger partial charge in [-0.05, 0) is 43.2 Å². The van der Waals surface area contributed by atoms with Crippen molar-refractivity contribution in [3.05, 3.63) is 59.3 Å². The zero-order chi connectivity index (χ0) is 17.6. The van der Waals surface area contributed by atoms with Crippen LogP contribution >= 0.6 is 0 Å². The Kier molecular flexibility index (Phi) is 5.09. The molecule has 1 aromatic rings. The van der Waals surface area contributed by atoms with E-state index in [0.29, 0.717) is 41.5 Å². The van der Waals surface area contributed by atoms with Crippen molar-refractivity contribution < 1.29 is 13.9 Å². The first-order valence-corrected chi connectivity index (χ1v) is 8.03. The molecule has 6 nitrogen and oxygen atoms in total. The lowest BCUT2D eigenvalue weighted by Crippen LogP contribution is -2.22. The van der Waals surface area contributed by atoms with E-state index >= 15 is 0 Å². The molecule has 0 saturated carbocycles. The van der Waals surface area contributed by atoms with Gasteiger partial charge >= 0.3 is 0 Å². The van der Waals surface area contributed by atoms with Crippen LogP contribution < -0.4 is 15.5 Å². The number of unbranched alkanes of at least 4 members (excludes halogenated alkanes) is 1. The largest absolute Gasteiger partial charge is 0.493 e. The highest BCUT2D eigenvalue weighted by molar-refractivity contribution is 5.86. The van der Waals surface area contributed by atoms with Crippen molar-refractivity contribution in [3.8, 4) is 17.2 Å². The van der Waals surface area contributed by atoms with E-state index in [4.69, 9.17) is 9.15 Å². The van der Waals surface area contributed by atoms with Gasteiger partial charge in [-0.15, -0.1) is 0 Å². The predicted molar refractivity (Wildman–Crippen MR) is 94.8 cm³/mol. The van der Waals surface area contributed by atoms with Crippen molar-refractivity contribution >= 4 is 17.0 Å². The number of benzene rings is 2. The minimum atomic E-state index is -0.168. The molecule has 3 rings (SSSR count). The van der Waals surface area contributed by atoms with Crippen molar-refractivity contribution in [2.45, 2.75) is 12.8 Å². The van der Waals surface area contributed by atoms with E-state index in [1.54, 1.807) is 12.1 Å². The molecule has 6 heteroatoms.